The van der Waals surface area contributed by atoms with Crippen molar-refractivity contribution in [3.63, 3.8) is 0 Å². The number of rotatable bonds is 9. The lowest BCUT2D eigenvalue weighted by atomic mass is 9.90. The number of aromatic carboxylic acids is 2. The van der Waals surface area contributed by atoms with Gasteiger partial charge in [0, 0.05) is 24.1 Å². The Labute approximate surface area is 278 Å². The van der Waals surface area contributed by atoms with Crippen molar-refractivity contribution < 1.29 is 35.1 Å². The van der Waals surface area contributed by atoms with Crippen molar-refractivity contribution >= 4 is 44.3 Å². The highest BCUT2D eigenvalue weighted by molar-refractivity contribution is 6.02. The van der Waals surface area contributed by atoms with Gasteiger partial charge in [-0.3, -0.25) is 0 Å². The fraction of sp³-hybridized carbons (Fsp3) is 0.200. The molecule has 0 bridgehead atoms. The summed E-state index contributed by atoms with van der Waals surface area (Å²) < 4.78 is 0. The Bertz CT molecular complexity index is 2030. The van der Waals surface area contributed by atoms with Gasteiger partial charge in [-0.15, -0.1) is 0 Å². The van der Waals surface area contributed by atoms with E-state index in [0.29, 0.717) is 39.2 Å². The van der Waals surface area contributed by atoms with E-state index in [1.54, 1.807) is 48.5 Å². The molecule has 0 radical (unpaired) electrons. The lowest BCUT2D eigenvalue weighted by Gasteiger charge is -2.23. The molecular weight excluding hydrogens is 606 g/mol. The van der Waals surface area contributed by atoms with E-state index in [1.165, 1.54) is 28.5 Å². The number of aliphatic hydroxyl groups is 1. The van der Waals surface area contributed by atoms with E-state index in [1.807, 2.05) is 6.07 Å². The zero-order valence-corrected chi connectivity index (χ0v) is 27.1. The molecule has 0 amide bonds. The lowest BCUT2D eigenvalue weighted by Crippen LogP contribution is -2.28. The molecule has 8 nitrogen and oxygen atoms in total. The van der Waals surface area contributed by atoms with Crippen LogP contribution in [0, 0.1) is 6.92 Å². The quantitative estimate of drug-likeness (QED) is 0.107. The van der Waals surface area contributed by atoms with Gasteiger partial charge in [0.05, 0.1) is 6.10 Å². The predicted octanol–water partition coefficient (Wildman–Crippen LogP) is 7.91. The number of aromatic hydroxyl groups is 2. The first-order valence-electron chi connectivity index (χ1n) is 15.9. The molecule has 6 aromatic rings. The van der Waals surface area contributed by atoms with Gasteiger partial charge < -0.3 is 30.4 Å². The van der Waals surface area contributed by atoms with Gasteiger partial charge in [-0.05, 0) is 75.6 Å². The monoisotopic (exact) mass is 645 g/mol. The molecule has 0 spiro atoms. The second-order valence-corrected chi connectivity index (χ2v) is 11.8. The Balaban J connectivity index is 0.000000206. The molecule has 6 rings (SSSR count). The van der Waals surface area contributed by atoms with Crippen LogP contribution >= 0.6 is 0 Å². The number of aliphatic hydroxyl groups excluding tert-OH is 1. The third kappa shape index (κ3) is 6.81. The Morgan fingerprint density at radius 1 is 0.646 bits per heavy atom. The van der Waals surface area contributed by atoms with Crippen molar-refractivity contribution in [3.8, 4) is 11.5 Å². The molecule has 5 N–H and O–H groups in total. The smallest absolute Gasteiger partial charge is 0.339 e. The molecular formula is C40H39NO7. The second kappa shape index (κ2) is 14.5. The summed E-state index contributed by atoms with van der Waals surface area (Å²) in [6.45, 7) is 9.00. The molecule has 8 heteroatoms. The minimum Gasteiger partial charge on any atom is -0.507 e. The first-order chi connectivity index (χ1) is 23.0. The lowest BCUT2D eigenvalue weighted by molar-refractivity contribution is 0.0682. The maximum absolute atomic E-state index is 11.6. The third-order valence-corrected chi connectivity index (χ3v) is 8.93. The Kier molecular flexibility index (Phi) is 10.3. The molecule has 0 aromatic heterocycles. The van der Waals surface area contributed by atoms with Crippen LogP contribution < -0.4 is 0 Å². The molecule has 1 atom stereocenters. The summed E-state index contributed by atoms with van der Waals surface area (Å²) in [4.78, 5) is 25.5. The third-order valence-electron chi connectivity index (χ3n) is 8.93. The maximum atomic E-state index is 11.6. The van der Waals surface area contributed by atoms with Crippen molar-refractivity contribution in [1.29, 1.82) is 0 Å². The highest BCUT2D eigenvalue weighted by Crippen LogP contribution is 2.39. The van der Waals surface area contributed by atoms with Crippen LogP contribution in [0.1, 0.15) is 62.9 Å². The normalized spacial score (nSPS) is 11.9. The summed E-state index contributed by atoms with van der Waals surface area (Å²) in [6, 6.07) is 29.2. The fourth-order valence-electron chi connectivity index (χ4n) is 6.27. The first kappa shape index (κ1) is 33.9. The Hall–Kier alpha value is -5.44. The van der Waals surface area contributed by atoms with Gasteiger partial charge in [0.25, 0.3) is 0 Å². The molecule has 0 aliphatic heterocycles. The molecule has 48 heavy (non-hydrogen) atoms. The van der Waals surface area contributed by atoms with Crippen LogP contribution in [0.2, 0.25) is 0 Å². The van der Waals surface area contributed by atoms with Crippen molar-refractivity contribution in [1.82, 2.24) is 4.90 Å². The van der Waals surface area contributed by atoms with Crippen LogP contribution in [0.3, 0.4) is 0 Å². The number of hydrogen-bond donors (Lipinski definition) is 5. The number of carboxylic acid groups (broad SMARTS) is 2. The average Bonchev–Trinajstić information content (AvgIpc) is 3.09. The number of benzene rings is 6. The van der Waals surface area contributed by atoms with Crippen LogP contribution in [-0.4, -0.2) is 62.0 Å². The zero-order chi connectivity index (χ0) is 34.5. The maximum Gasteiger partial charge on any atom is 0.339 e. The number of likely N-dealkylation sites (N-methyl/N-ethyl adjacent to an activating group) is 1. The molecule has 246 valence electrons. The van der Waals surface area contributed by atoms with E-state index in [0.717, 1.165) is 18.7 Å². The van der Waals surface area contributed by atoms with Crippen molar-refractivity contribution in [2.24, 2.45) is 0 Å². The average molecular weight is 646 g/mol. The molecule has 0 aliphatic rings. The van der Waals surface area contributed by atoms with Gasteiger partial charge in [0.2, 0.25) is 0 Å². The van der Waals surface area contributed by atoms with Crippen molar-refractivity contribution in [3.05, 3.63) is 130 Å². The minimum atomic E-state index is -1.28. The van der Waals surface area contributed by atoms with Gasteiger partial charge >= 0.3 is 11.9 Å². The van der Waals surface area contributed by atoms with Crippen LogP contribution in [-0.2, 0) is 6.42 Å². The van der Waals surface area contributed by atoms with E-state index >= 15 is 0 Å². The van der Waals surface area contributed by atoms with Crippen LogP contribution in [0.25, 0.3) is 32.3 Å². The SMILES string of the molecule is CCN(CC)CC(O)c1ccc(C)c2ccccc12.O=C(O)c1cc2ccccc2c(Cc2c(O)c(C(=O)O)cc3ccccc23)c1O. The number of carbonyl (C=O) groups is 2. The van der Waals surface area contributed by atoms with Gasteiger partial charge in [0.1, 0.15) is 22.6 Å². The highest BCUT2D eigenvalue weighted by atomic mass is 16.4. The zero-order valence-electron chi connectivity index (χ0n) is 27.1. The van der Waals surface area contributed by atoms with Crippen molar-refractivity contribution in [2.75, 3.05) is 19.6 Å². The molecule has 6 aromatic carbocycles. The molecule has 0 aliphatic carbocycles. The summed E-state index contributed by atoms with van der Waals surface area (Å²) in [6.07, 6.45) is -0.466. The summed E-state index contributed by atoms with van der Waals surface area (Å²) in [7, 11) is 0. The van der Waals surface area contributed by atoms with E-state index < -0.39 is 29.5 Å². The predicted molar refractivity (Wildman–Crippen MR) is 189 cm³/mol. The Morgan fingerprint density at radius 2 is 1.08 bits per heavy atom. The molecule has 0 saturated heterocycles. The largest absolute Gasteiger partial charge is 0.507 e. The molecule has 0 fully saturated rings. The minimum absolute atomic E-state index is 0.0407. The van der Waals surface area contributed by atoms with Crippen molar-refractivity contribution in [2.45, 2.75) is 33.3 Å². The Morgan fingerprint density at radius 3 is 1.54 bits per heavy atom. The van der Waals surface area contributed by atoms with Crippen LogP contribution in [0.5, 0.6) is 11.5 Å². The first-order valence-corrected chi connectivity index (χ1v) is 15.9. The summed E-state index contributed by atoms with van der Waals surface area (Å²) >= 11 is 0. The summed E-state index contributed by atoms with van der Waals surface area (Å²) in [5.74, 6) is -3.36. The molecule has 0 saturated carbocycles. The highest BCUT2D eigenvalue weighted by Gasteiger charge is 2.22. The summed E-state index contributed by atoms with van der Waals surface area (Å²) in [5.41, 5.74) is 2.41. The van der Waals surface area contributed by atoms with E-state index in [9.17, 15) is 35.1 Å². The number of fused-ring (bicyclic) bond motifs is 3. The number of phenols is 2. The molecule has 1 unspecified atom stereocenters. The van der Waals surface area contributed by atoms with Crippen LogP contribution in [0.15, 0.2) is 97.1 Å². The summed E-state index contributed by atoms with van der Waals surface area (Å²) in [5, 5.41) is 55.7. The number of hydrogen-bond acceptors (Lipinski definition) is 6. The van der Waals surface area contributed by atoms with E-state index in [4.69, 9.17) is 0 Å². The molecule has 0 heterocycles. The fourth-order valence-corrected chi connectivity index (χ4v) is 6.27. The van der Waals surface area contributed by atoms with Gasteiger partial charge in [-0.2, -0.15) is 0 Å². The number of carboxylic acids is 2. The van der Waals surface area contributed by atoms with Crippen LogP contribution in [0.4, 0.5) is 0 Å². The van der Waals surface area contributed by atoms with Gasteiger partial charge in [-0.1, -0.05) is 98.8 Å². The number of nitrogens with zero attached hydrogens (tertiary/aromatic N) is 1. The van der Waals surface area contributed by atoms with Gasteiger partial charge in [0.15, 0.2) is 0 Å². The van der Waals surface area contributed by atoms with Gasteiger partial charge in [-0.25, -0.2) is 9.59 Å². The van der Waals surface area contributed by atoms with E-state index in [2.05, 4.69) is 56.0 Å². The number of aryl methyl sites for hydroxylation is 1. The van der Waals surface area contributed by atoms with E-state index in [-0.39, 0.29) is 17.5 Å². The second-order valence-electron chi connectivity index (χ2n) is 11.8. The topological polar surface area (TPSA) is 139 Å². The standard InChI is InChI=1S/C23H16O6.C17H23NO/c24-20-16(14-7-3-1-5-12(14)9-18(20)22(26)27)11-17-15-8-4-2-6-13(15)10-19(21(17)25)23(28)29;1-4-18(5-2)12-17(19)16-11-10-13(3)14-8-6-7-9-15(14)16/h1-10,24-25H,11H2,(H,26,27)(H,28,29);6-11,17,19H,4-5,12H2,1-3H3.